The van der Waals surface area contributed by atoms with Crippen LogP contribution in [0.25, 0.3) is 0 Å². The molecule has 0 N–H and O–H groups in total. The lowest BCUT2D eigenvalue weighted by Gasteiger charge is -2.40. The van der Waals surface area contributed by atoms with Crippen LogP contribution in [0.3, 0.4) is 0 Å². The SMILES string of the molecule is COCCOC1CC(CC2CCC(OCC3CO3)CC2)CCC1CC1CCC(OCC2CO2)CC1. The van der Waals surface area contributed by atoms with Crippen LogP contribution in [0.15, 0.2) is 0 Å². The van der Waals surface area contributed by atoms with Gasteiger partial charge >= 0.3 is 0 Å². The second kappa shape index (κ2) is 13.5. The first kappa shape index (κ1) is 26.4. The molecule has 2 saturated heterocycles. The predicted octanol–water partition coefficient (Wildman–Crippen LogP) is 5.16. The summed E-state index contributed by atoms with van der Waals surface area (Å²) in [6.45, 7) is 4.85. The highest BCUT2D eigenvalue weighted by Crippen LogP contribution is 2.42. The van der Waals surface area contributed by atoms with E-state index in [4.69, 9.17) is 28.4 Å². The van der Waals surface area contributed by atoms with Crippen LogP contribution in [-0.4, -0.2) is 77.3 Å². The minimum atomic E-state index is 0.388. The molecule has 5 aliphatic rings. The van der Waals surface area contributed by atoms with Crippen molar-refractivity contribution in [1.29, 1.82) is 0 Å². The summed E-state index contributed by atoms with van der Waals surface area (Å²) < 4.78 is 34.5. The first-order valence-electron chi connectivity index (χ1n) is 14.8. The molecule has 3 saturated carbocycles. The highest BCUT2D eigenvalue weighted by Gasteiger charge is 2.36. The Morgan fingerprint density at radius 2 is 1.14 bits per heavy atom. The fourth-order valence-electron chi connectivity index (χ4n) is 7.03. The van der Waals surface area contributed by atoms with Gasteiger partial charge < -0.3 is 28.4 Å². The third-order valence-corrected chi connectivity index (χ3v) is 9.39. The lowest BCUT2D eigenvalue weighted by molar-refractivity contribution is -0.0571. The maximum Gasteiger partial charge on any atom is 0.104 e. The minimum Gasteiger partial charge on any atom is -0.382 e. The van der Waals surface area contributed by atoms with Gasteiger partial charge in [-0.15, -0.1) is 0 Å². The molecule has 3 aliphatic carbocycles. The van der Waals surface area contributed by atoms with Crippen LogP contribution in [0.2, 0.25) is 0 Å². The van der Waals surface area contributed by atoms with Gasteiger partial charge in [-0.05, 0) is 107 Å². The number of hydrogen-bond donors (Lipinski definition) is 0. The molecule has 6 nitrogen and oxygen atoms in total. The number of ether oxygens (including phenoxy) is 6. The van der Waals surface area contributed by atoms with Gasteiger partial charge in [0.15, 0.2) is 0 Å². The molecule has 6 heteroatoms. The standard InChI is InChI=1S/C29H50O6/c1-30-12-13-31-29-16-23(14-21-3-8-25(9-4-21)32-17-27-19-34-27)2-7-24(29)15-22-5-10-26(11-6-22)33-18-28-20-35-28/h21-29H,2-20H2,1H3. The Morgan fingerprint density at radius 1 is 0.600 bits per heavy atom. The molecule has 5 unspecified atom stereocenters. The number of epoxide rings is 2. The van der Waals surface area contributed by atoms with E-state index in [2.05, 4.69) is 0 Å². The van der Waals surface area contributed by atoms with E-state index in [9.17, 15) is 0 Å². The Kier molecular flexibility index (Phi) is 10.2. The third kappa shape index (κ3) is 8.93. The Balaban J connectivity index is 1.02. The van der Waals surface area contributed by atoms with Crippen LogP contribution in [0.5, 0.6) is 0 Å². The monoisotopic (exact) mass is 494 g/mol. The highest BCUT2D eigenvalue weighted by atomic mass is 16.6. The van der Waals surface area contributed by atoms with Crippen molar-refractivity contribution in [3.63, 3.8) is 0 Å². The number of rotatable bonds is 14. The summed E-state index contributed by atoms with van der Waals surface area (Å²) in [6.07, 6.45) is 19.1. The van der Waals surface area contributed by atoms with Gasteiger partial charge in [-0.25, -0.2) is 0 Å². The Hall–Kier alpha value is -0.240. The fourth-order valence-corrected chi connectivity index (χ4v) is 7.03. The first-order chi connectivity index (χ1) is 17.2. The Labute approximate surface area is 213 Å². The van der Waals surface area contributed by atoms with Crippen LogP contribution in [0.4, 0.5) is 0 Å². The molecule has 5 fully saturated rings. The molecule has 0 amide bonds. The summed E-state index contributed by atoms with van der Waals surface area (Å²) in [6, 6.07) is 0. The van der Waals surface area contributed by atoms with E-state index in [-0.39, 0.29) is 0 Å². The molecule has 0 aromatic rings. The Bertz CT molecular complexity index is 592. The molecule has 35 heavy (non-hydrogen) atoms. The molecular weight excluding hydrogens is 444 g/mol. The van der Waals surface area contributed by atoms with Crippen LogP contribution >= 0.6 is 0 Å². The van der Waals surface area contributed by atoms with Crippen LogP contribution in [0.1, 0.15) is 83.5 Å². The molecule has 2 aliphatic heterocycles. The average Bonchev–Trinajstić information content (AvgIpc) is 3.80. The lowest BCUT2D eigenvalue weighted by Crippen LogP contribution is -2.36. The summed E-state index contributed by atoms with van der Waals surface area (Å²) in [5.41, 5.74) is 0. The predicted molar refractivity (Wildman–Crippen MR) is 135 cm³/mol. The second-order valence-electron chi connectivity index (χ2n) is 12.2. The highest BCUT2D eigenvalue weighted by molar-refractivity contribution is 4.87. The van der Waals surface area contributed by atoms with Gasteiger partial charge in [0.05, 0.1) is 58.0 Å². The van der Waals surface area contributed by atoms with Gasteiger partial charge in [-0.3, -0.25) is 0 Å². The smallest absolute Gasteiger partial charge is 0.104 e. The molecule has 5 rings (SSSR count). The quantitative estimate of drug-likeness (QED) is 0.245. The third-order valence-electron chi connectivity index (χ3n) is 9.39. The maximum atomic E-state index is 6.47. The molecule has 0 bridgehead atoms. The molecule has 0 radical (unpaired) electrons. The average molecular weight is 495 g/mol. The maximum absolute atomic E-state index is 6.47. The lowest BCUT2D eigenvalue weighted by atomic mass is 9.70. The van der Waals surface area contributed by atoms with Crippen molar-refractivity contribution in [2.24, 2.45) is 23.7 Å². The molecule has 202 valence electrons. The van der Waals surface area contributed by atoms with Crippen molar-refractivity contribution in [1.82, 2.24) is 0 Å². The summed E-state index contributed by atoms with van der Waals surface area (Å²) in [7, 11) is 1.78. The zero-order chi connectivity index (χ0) is 23.9. The summed E-state index contributed by atoms with van der Waals surface area (Å²) in [5.74, 6) is 3.28. The van der Waals surface area contributed by atoms with Gasteiger partial charge in [-0.1, -0.05) is 0 Å². The van der Waals surface area contributed by atoms with E-state index in [0.717, 1.165) is 56.7 Å². The zero-order valence-corrected chi connectivity index (χ0v) is 22.1. The molecular formula is C29H50O6. The zero-order valence-electron chi connectivity index (χ0n) is 22.1. The van der Waals surface area contributed by atoms with E-state index in [0.29, 0.717) is 37.1 Å². The molecule has 0 aromatic carbocycles. The van der Waals surface area contributed by atoms with Crippen molar-refractivity contribution < 1.29 is 28.4 Å². The minimum absolute atomic E-state index is 0.388. The first-order valence-corrected chi connectivity index (χ1v) is 14.8. The molecule has 2 heterocycles. The molecule has 5 atom stereocenters. The van der Waals surface area contributed by atoms with Crippen LogP contribution < -0.4 is 0 Å². The number of hydrogen-bond acceptors (Lipinski definition) is 6. The van der Waals surface area contributed by atoms with Crippen LogP contribution in [0, 0.1) is 23.7 Å². The van der Waals surface area contributed by atoms with Gasteiger partial charge in [0.2, 0.25) is 0 Å². The van der Waals surface area contributed by atoms with Gasteiger partial charge in [0.1, 0.15) is 12.2 Å². The largest absolute Gasteiger partial charge is 0.382 e. The summed E-state index contributed by atoms with van der Waals surface area (Å²) in [5, 5.41) is 0. The topological polar surface area (TPSA) is 62.0 Å². The van der Waals surface area contributed by atoms with Crippen molar-refractivity contribution in [2.75, 3.05) is 46.8 Å². The van der Waals surface area contributed by atoms with E-state index in [1.807, 2.05) is 0 Å². The van der Waals surface area contributed by atoms with Crippen molar-refractivity contribution >= 4 is 0 Å². The Morgan fingerprint density at radius 3 is 1.69 bits per heavy atom. The van der Waals surface area contributed by atoms with Crippen molar-refractivity contribution in [2.45, 2.75) is 114 Å². The van der Waals surface area contributed by atoms with Gasteiger partial charge in [0.25, 0.3) is 0 Å². The van der Waals surface area contributed by atoms with Crippen LogP contribution in [-0.2, 0) is 28.4 Å². The van der Waals surface area contributed by atoms with E-state index in [1.165, 1.54) is 83.5 Å². The van der Waals surface area contributed by atoms with Crippen molar-refractivity contribution in [3.8, 4) is 0 Å². The molecule has 0 aromatic heterocycles. The summed E-state index contributed by atoms with van der Waals surface area (Å²) >= 11 is 0. The van der Waals surface area contributed by atoms with E-state index >= 15 is 0 Å². The normalized spacial score (nSPS) is 41.6. The van der Waals surface area contributed by atoms with E-state index < -0.39 is 0 Å². The fraction of sp³-hybridized carbons (Fsp3) is 1.00. The van der Waals surface area contributed by atoms with Gasteiger partial charge in [0, 0.05) is 7.11 Å². The number of methoxy groups -OCH3 is 1. The second-order valence-corrected chi connectivity index (χ2v) is 12.2. The summed E-state index contributed by atoms with van der Waals surface area (Å²) in [4.78, 5) is 0. The molecule has 0 spiro atoms. The van der Waals surface area contributed by atoms with Gasteiger partial charge in [-0.2, -0.15) is 0 Å². The van der Waals surface area contributed by atoms with E-state index in [1.54, 1.807) is 7.11 Å². The van der Waals surface area contributed by atoms with Crippen molar-refractivity contribution in [3.05, 3.63) is 0 Å².